The molecule has 0 saturated carbocycles. The third kappa shape index (κ3) is 4.98. The van der Waals surface area contributed by atoms with E-state index in [0.29, 0.717) is 59.1 Å². The molecule has 186 valence electrons. The average molecular weight is 483 g/mol. The molecule has 1 saturated heterocycles. The number of nitrogens with zero attached hydrogens (tertiary/aromatic N) is 3. The predicted octanol–water partition coefficient (Wildman–Crippen LogP) is 4.11. The minimum absolute atomic E-state index is 0.255. The van der Waals surface area contributed by atoms with E-state index in [1.54, 1.807) is 53.3 Å². The van der Waals surface area contributed by atoms with Crippen LogP contribution in [0, 0.1) is 0 Å². The van der Waals surface area contributed by atoms with Crippen molar-refractivity contribution in [1.82, 2.24) is 14.5 Å². The lowest BCUT2D eigenvalue weighted by molar-refractivity contribution is -0.114. The number of methoxy groups -OCH3 is 2. The summed E-state index contributed by atoms with van der Waals surface area (Å²) in [6.45, 7) is 7.74. The second-order valence-electron chi connectivity index (χ2n) is 9.44. The van der Waals surface area contributed by atoms with E-state index in [1.165, 1.54) is 17.7 Å². The van der Waals surface area contributed by atoms with Crippen LogP contribution >= 0.6 is 0 Å². The summed E-state index contributed by atoms with van der Waals surface area (Å²) in [5.74, 6) is 0.687. The quantitative estimate of drug-likeness (QED) is 0.578. The molecule has 1 unspecified atom stereocenters. The van der Waals surface area contributed by atoms with Gasteiger partial charge in [0.1, 0.15) is 22.8 Å². The maximum atomic E-state index is 13.0. The number of aromatic nitrogens is 3. The van der Waals surface area contributed by atoms with Crippen LogP contribution in [0.15, 0.2) is 30.6 Å². The molecule has 4 heterocycles. The SMILES string of the molecule is COc1cc(-c2cn(C(=O)OC(C)(C)C)c3cnc(NC(C)=O)cc23)nc(C2(OC)CCOC2)c1. The number of anilines is 1. The third-order valence-corrected chi connectivity index (χ3v) is 5.74. The molecule has 1 aliphatic rings. The molecule has 1 fully saturated rings. The van der Waals surface area contributed by atoms with E-state index in [1.807, 2.05) is 6.07 Å². The first-order valence-corrected chi connectivity index (χ1v) is 11.3. The van der Waals surface area contributed by atoms with Crippen LogP contribution in [0.3, 0.4) is 0 Å². The second kappa shape index (κ2) is 9.27. The van der Waals surface area contributed by atoms with Gasteiger partial charge in [0.05, 0.1) is 36.8 Å². The van der Waals surface area contributed by atoms with Crippen LogP contribution in [0.25, 0.3) is 22.2 Å². The number of pyridine rings is 2. The van der Waals surface area contributed by atoms with Gasteiger partial charge in [0, 0.05) is 56.3 Å². The van der Waals surface area contributed by atoms with Gasteiger partial charge in [0.25, 0.3) is 0 Å². The fourth-order valence-electron chi connectivity index (χ4n) is 4.05. The lowest BCUT2D eigenvalue weighted by Crippen LogP contribution is -2.30. The molecule has 35 heavy (non-hydrogen) atoms. The lowest BCUT2D eigenvalue weighted by atomic mass is 9.96. The Morgan fingerprint density at radius 2 is 1.97 bits per heavy atom. The van der Waals surface area contributed by atoms with Gasteiger partial charge in [-0.25, -0.2) is 14.8 Å². The minimum Gasteiger partial charge on any atom is -0.497 e. The van der Waals surface area contributed by atoms with Gasteiger partial charge >= 0.3 is 6.09 Å². The summed E-state index contributed by atoms with van der Waals surface area (Å²) >= 11 is 0. The van der Waals surface area contributed by atoms with E-state index in [4.69, 9.17) is 23.9 Å². The summed E-state index contributed by atoms with van der Waals surface area (Å²) in [4.78, 5) is 33.9. The lowest BCUT2D eigenvalue weighted by Gasteiger charge is -2.26. The minimum atomic E-state index is -0.699. The molecule has 0 spiro atoms. The van der Waals surface area contributed by atoms with Gasteiger partial charge in [-0.2, -0.15) is 0 Å². The first-order valence-electron chi connectivity index (χ1n) is 11.3. The van der Waals surface area contributed by atoms with Crippen molar-refractivity contribution >= 4 is 28.7 Å². The van der Waals surface area contributed by atoms with Crippen LogP contribution in [0.5, 0.6) is 5.75 Å². The summed E-state index contributed by atoms with van der Waals surface area (Å²) in [6.07, 6.45) is 3.29. The number of rotatable bonds is 5. The number of ether oxygens (including phenoxy) is 4. The molecule has 0 aromatic carbocycles. The highest BCUT2D eigenvalue weighted by molar-refractivity contribution is 6.02. The van der Waals surface area contributed by atoms with Crippen LogP contribution in [-0.4, -0.2) is 59.6 Å². The molecule has 0 bridgehead atoms. The fraction of sp³-hybridized carbons (Fsp3) is 0.440. The highest BCUT2D eigenvalue weighted by Crippen LogP contribution is 2.38. The summed E-state index contributed by atoms with van der Waals surface area (Å²) in [6, 6.07) is 5.33. The van der Waals surface area contributed by atoms with Gasteiger partial charge < -0.3 is 24.3 Å². The summed E-state index contributed by atoms with van der Waals surface area (Å²) in [5.41, 5.74) is 1.00. The predicted molar refractivity (Wildman–Crippen MR) is 130 cm³/mol. The summed E-state index contributed by atoms with van der Waals surface area (Å²) in [5, 5.41) is 3.35. The largest absolute Gasteiger partial charge is 0.497 e. The Labute approximate surface area is 203 Å². The number of nitrogens with one attached hydrogen (secondary N) is 1. The van der Waals surface area contributed by atoms with Crippen molar-refractivity contribution in [2.45, 2.75) is 45.3 Å². The van der Waals surface area contributed by atoms with Crippen molar-refractivity contribution in [2.75, 3.05) is 32.8 Å². The Balaban J connectivity index is 1.93. The highest BCUT2D eigenvalue weighted by atomic mass is 16.6. The summed E-state index contributed by atoms with van der Waals surface area (Å²) in [7, 11) is 3.21. The Morgan fingerprint density at radius 3 is 2.57 bits per heavy atom. The number of amides is 1. The van der Waals surface area contributed by atoms with Crippen LogP contribution in [0.2, 0.25) is 0 Å². The Morgan fingerprint density at radius 1 is 1.20 bits per heavy atom. The molecule has 4 rings (SSSR count). The molecule has 10 nitrogen and oxygen atoms in total. The standard InChI is InChI=1S/C25H30N4O6/c1-15(30)27-22-11-17-18(13-29(20(17)12-26-22)23(31)35-24(2,3)4)19-9-16(32-5)10-21(28-19)25(33-6)7-8-34-14-25/h9-13H,7-8,14H2,1-6H3,(H,26,27,30). The first kappa shape index (κ1) is 24.6. The monoisotopic (exact) mass is 482 g/mol. The molecular formula is C25H30N4O6. The highest BCUT2D eigenvalue weighted by Gasteiger charge is 2.39. The third-order valence-electron chi connectivity index (χ3n) is 5.74. The van der Waals surface area contributed by atoms with Crippen LogP contribution in [0.4, 0.5) is 10.6 Å². The van der Waals surface area contributed by atoms with Crippen molar-refractivity contribution in [2.24, 2.45) is 0 Å². The summed E-state index contributed by atoms with van der Waals surface area (Å²) < 4.78 is 24.0. The number of hydrogen-bond donors (Lipinski definition) is 1. The van der Waals surface area contributed by atoms with E-state index in [0.717, 1.165) is 0 Å². The molecule has 10 heteroatoms. The molecule has 0 radical (unpaired) electrons. The number of hydrogen-bond acceptors (Lipinski definition) is 8. The van der Waals surface area contributed by atoms with Gasteiger partial charge in [-0.05, 0) is 26.8 Å². The van der Waals surface area contributed by atoms with Gasteiger partial charge in [0.2, 0.25) is 5.91 Å². The Hall–Kier alpha value is -3.50. The van der Waals surface area contributed by atoms with Gasteiger partial charge in [-0.15, -0.1) is 0 Å². The van der Waals surface area contributed by atoms with Crippen molar-refractivity contribution in [1.29, 1.82) is 0 Å². The smallest absolute Gasteiger partial charge is 0.419 e. The zero-order chi connectivity index (χ0) is 25.4. The van der Waals surface area contributed by atoms with E-state index in [9.17, 15) is 9.59 Å². The fourth-order valence-corrected chi connectivity index (χ4v) is 4.05. The Bertz CT molecular complexity index is 1270. The van der Waals surface area contributed by atoms with Crippen molar-refractivity contribution in [3.05, 3.63) is 36.3 Å². The molecule has 1 amide bonds. The maximum absolute atomic E-state index is 13.0. The van der Waals surface area contributed by atoms with E-state index < -0.39 is 17.3 Å². The molecule has 1 atom stereocenters. The van der Waals surface area contributed by atoms with E-state index in [-0.39, 0.29) is 5.91 Å². The molecule has 3 aromatic rings. The van der Waals surface area contributed by atoms with E-state index >= 15 is 0 Å². The molecule has 0 aliphatic carbocycles. The van der Waals surface area contributed by atoms with Gasteiger partial charge in [-0.1, -0.05) is 0 Å². The van der Waals surface area contributed by atoms with Gasteiger partial charge in [0.15, 0.2) is 0 Å². The molecule has 1 N–H and O–H groups in total. The van der Waals surface area contributed by atoms with Gasteiger partial charge in [-0.3, -0.25) is 9.36 Å². The second-order valence-corrected chi connectivity index (χ2v) is 9.44. The van der Waals surface area contributed by atoms with Crippen LogP contribution in [-0.2, 0) is 24.6 Å². The molecule has 1 aliphatic heterocycles. The molecule has 3 aromatic heterocycles. The number of carbonyl (C=O) groups is 2. The Kier molecular flexibility index (Phi) is 6.52. The zero-order valence-corrected chi connectivity index (χ0v) is 20.8. The van der Waals surface area contributed by atoms with Crippen molar-refractivity contribution in [3.63, 3.8) is 0 Å². The molecular weight excluding hydrogens is 452 g/mol. The van der Waals surface area contributed by atoms with Crippen LogP contribution < -0.4 is 10.1 Å². The average Bonchev–Trinajstić information content (AvgIpc) is 3.43. The number of fused-ring (bicyclic) bond motifs is 1. The number of carbonyl (C=O) groups excluding carboxylic acids is 2. The zero-order valence-electron chi connectivity index (χ0n) is 20.8. The first-order chi connectivity index (χ1) is 16.5. The normalized spacial score (nSPS) is 18.0. The van der Waals surface area contributed by atoms with Crippen LogP contribution in [0.1, 0.15) is 39.8 Å². The topological polar surface area (TPSA) is 114 Å². The van der Waals surface area contributed by atoms with Crippen molar-refractivity contribution < 1.29 is 28.5 Å². The van der Waals surface area contributed by atoms with E-state index in [2.05, 4.69) is 10.3 Å². The maximum Gasteiger partial charge on any atom is 0.419 e. The van der Waals surface area contributed by atoms with Crippen molar-refractivity contribution in [3.8, 4) is 17.0 Å².